The van der Waals surface area contributed by atoms with E-state index < -0.39 is 0 Å². The molecule has 3 heteroatoms. The molecule has 0 saturated carbocycles. The van der Waals surface area contributed by atoms with Crippen molar-refractivity contribution in [2.24, 2.45) is 0 Å². The number of nitrogen functional groups attached to an aromatic ring is 2. The van der Waals surface area contributed by atoms with E-state index >= 15 is 0 Å². The molecule has 2 aromatic carbocycles. The molecule has 0 bridgehead atoms. The van der Waals surface area contributed by atoms with Crippen LogP contribution < -0.4 is 11.5 Å². The lowest BCUT2D eigenvalue weighted by atomic mass is 10.1. The molecule has 0 amide bonds. The van der Waals surface area contributed by atoms with Gasteiger partial charge < -0.3 is 11.5 Å². The lowest BCUT2D eigenvalue weighted by Crippen LogP contribution is -1.91. The zero-order valence-corrected chi connectivity index (χ0v) is 12.0. The van der Waals surface area contributed by atoms with E-state index in [0.717, 1.165) is 35.5 Å². The highest BCUT2D eigenvalue weighted by Gasteiger charge is 1.99. The third kappa shape index (κ3) is 4.21. The summed E-state index contributed by atoms with van der Waals surface area (Å²) >= 11 is 1.89. The van der Waals surface area contributed by atoms with Gasteiger partial charge in [0.25, 0.3) is 0 Å². The van der Waals surface area contributed by atoms with Crippen molar-refractivity contribution in [1.29, 1.82) is 0 Å². The largest absolute Gasteiger partial charge is 0.399 e. The van der Waals surface area contributed by atoms with Crippen LogP contribution in [0.2, 0.25) is 0 Å². The lowest BCUT2D eigenvalue weighted by molar-refractivity contribution is 0.933. The van der Waals surface area contributed by atoms with E-state index in [2.05, 4.69) is 24.3 Å². The Morgan fingerprint density at radius 3 is 2.42 bits per heavy atom. The molecule has 0 unspecified atom stereocenters. The van der Waals surface area contributed by atoms with Crippen molar-refractivity contribution < 1.29 is 0 Å². The molecule has 0 atom stereocenters. The molecule has 2 aromatic rings. The third-order valence-electron chi connectivity index (χ3n) is 3.10. The summed E-state index contributed by atoms with van der Waals surface area (Å²) < 4.78 is 0. The molecule has 0 spiro atoms. The maximum absolute atomic E-state index is 5.81. The number of hydrogen-bond acceptors (Lipinski definition) is 3. The minimum absolute atomic E-state index is 0.829. The second-order valence-electron chi connectivity index (χ2n) is 4.71. The SMILES string of the molecule is Cc1cc(SCCCc2ccc(N)cc2)ccc1N. The highest BCUT2D eigenvalue weighted by atomic mass is 32.2. The lowest BCUT2D eigenvalue weighted by Gasteiger charge is -2.05. The summed E-state index contributed by atoms with van der Waals surface area (Å²) in [7, 11) is 0. The second kappa shape index (κ2) is 6.53. The third-order valence-corrected chi connectivity index (χ3v) is 4.18. The Morgan fingerprint density at radius 2 is 1.74 bits per heavy atom. The first kappa shape index (κ1) is 13.8. The fourth-order valence-corrected chi connectivity index (χ4v) is 2.84. The fourth-order valence-electron chi connectivity index (χ4n) is 1.89. The van der Waals surface area contributed by atoms with E-state index in [1.807, 2.05) is 36.9 Å². The fraction of sp³-hybridized carbons (Fsp3) is 0.250. The van der Waals surface area contributed by atoms with Crippen molar-refractivity contribution in [2.45, 2.75) is 24.7 Å². The van der Waals surface area contributed by atoms with Crippen LogP contribution in [0.25, 0.3) is 0 Å². The van der Waals surface area contributed by atoms with E-state index in [-0.39, 0.29) is 0 Å². The van der Waals surface area contributed by atoms with E-state index in [1.165, 1.54) is 10.5 Å². The molecule has 0 aliphatic carbocycles. The van der Waals surface area contributed by atoms with Crippen molar-refractivity contribution >= 4 is 23.1 Å². The van der Waals surface area contributed by atoms with Crippen LogP contribution in [0, 0.1) is 6.92 Å². The first-order valence-corrected chi connectivity index (χ1v) is 7.47. The molecule has 0 saturated heterocycles. The molecule has 2 rings (SSSR count). The summed E-state index contributed by atoms with van der Waals surface area (Å²) in [5.74, 6) is 1.12. The van der Waals surface area contributed by atoms with Gasteiger partial charge >= 0.3 is 0 Å². The van der Waals surface area contributed by atoms with Crippen LogP contribution in [0.1, 0.15) is 17.5 Å². The Bertz CT molecular complexity index is 535. The molecule has 4 N–H and O–H groups in total. The van der Waals surface area contributed by atoms with Crippen molar-refractivity contribution in [3.8, 4) is 0 Å². The molecule has 2 nitrogen and oxygen atoms in total. The summed E-state index contributed by atoms with van der Waals surface area (Å²) in [5.41, 5.74) is 15.7. The van der Waals surface area contributed by atoms with Crippen molar-refractivity contribution in [3.63, 3.8) is 0 Å². The van der Waals surface area contributed by atoms with Gasteiger partial charge in [0.05, 0.1) is 0 Å². The summed E-state index contributed by atoms with van der Waals surface area (Å²) in [4.78, 5) is 1.30. The molecule has 19 heavy (non-hydrogen) atoms. The number of thioether (sulfide) groups is 1. The summed E-state index contributed by atoms with van der Waals surface area (Å²) in [6.45, 7) is 2.05. The topological polar surface area (TPSA) is 52.0 Å². The van der Waals surface area contributed by atoms with Crippen molar-refractivity contribution in [1.82, 2.24) is 0 Å². The van der Waals surface area contributed by atoms with Crippen LogP contribution in [-0.4, -0.2) is 5.75 Å². The minimum atomic E-state index is 0.829. The predicted molar refractivity (Wildman–Crippen MR) is 85.5 cm³/mol. The first-order chi connectivity index (χ1) is 9.15. The van der Waals surface area contributed by atoms with E-state index in [1.54, 1.807) is 0 Å². The van der Waals surface area contributed by atoms with Gasteiger partial charge in [-0.1, -0.05) is 12.1 Å². The van der Waals surface area contributed by atoms with Crippen LogP contribution >= 0.6 is 11.8 Å². The highest BCUT2D eigenvalue weighted by molar-refractivity contribution is 7.99. The standard InChI is InChI=1S/C16H20N2S/c1-12-11-15(8-9-16(12)18)19-10-2-3-13-4-6-14(17)7-5-13/h4-9,11H,2-3,10,17-18H2,1H3. The van der Waals surface area contributed by atoms with Crippen molar-refractivity contribution in [3.05, 3.63) is 53.6 Å². The number of aryl methyl sites for hydroxylation is 2. The van der Waals surface area contributed by atoms with Gasteiger partial charge in [0.1, 0.15) is 0 Å². The van der Waals surface area contributed by atoms with Crippen LogP contribution in [0.15, 0.2) is 47.4 Å². The summed E-state index contributed by atoms with van der Waals surface area (Å²) in [6, 6.07) is 14.4. The minimum Gasteiger partial charge on any atom is -0.399 e. The summed E-state index contributed by atoms with van der Waals surface area (Å²) in [6.07, 6.45) is 2.26. The second-order valence-corrected chi connectivity index (χ2v) is 5.88. The smallest absolute Gasteiger partial charge is 0.0344 e. The van der Waals surface area contributed by atoms with Gasteiger partial charge in [-0.15, -0.1) is 11.8 Å². The number of rotatable bonds is 5. The zero-order valence-electron chi connectivity index (χ0n) is 11.2. The molecule has 0 aliphatic rings. The Kier molecular flexibility index (Phi) is 4.74. The molecule has 0 aromatic heterocycles. The number of nitrogens with two attached hydrogens (primary N) is 2. The van der Waals surface area contributed by atoms with Crippen LogP contribution in [0.5, 0.6) is 0 Å². The predicted octanol–water partition coefficient (Wildman–Crippen LogP) is 3.88. The van der Waals surface area contributed by atoms with Gasteiger partial charge in [-0.05, 0) is 67.0 Å². The van der Waals surface area contributed by atoms with Gasteiger partial charge in [0.15, 0.2) is 0 Å². The summed E-state index contributed by atoms with van der Waals surface area (Å²) in [5, 5.41) is 0. The molecule has 100 valence electrons. The van der Waals surface area contributed by atoms with Gasteiger partial charge in [-0.3, -0.25) is 0 Å². The Labute approximate surface area is 119 Å². The van der Waals surface area contributed by atoms with Crippen LogP contribution in [-0.2, 0) is 6.42 Å². The quantitative estimate of drug-likeness (QED) is 0.493. The highest BCUT2D eigenvalue weighted by Crippen LogP contribution is 2.23. The molecular formula is C16H20N2S. The van der Waals surface area contributed by atoms with Gasteiger partial charge in [-0.25, -0.2) is 0 Å². The molecule has 0 heterocycles. The Morgan fingerprint density at radius 1 is 1.00 bits per heavy atom. The van der Waals surface area contributed by atoms with Crippen LogP contribution in [0.4, 0.5) is 11.4 Å². The Hall–Kier alpha value is -1.61. The molecule has 0 aliphatic heterocycles. The normalized spacial score (nSPS) is 10.6. The Balaban J connectivity index is 1.77. The average Bonchev–Trinajstić information content (AvgIpc) is 2.41. The molecule has 0 fully saturated rings. The van der Waals surface area contributed by atoms with Gasteiger partial charge in [0.2, 0.25) is 0 Å². The average molecular weight is 272 g/mol. The number of anilines is 2. The van der Waals surface area contributed by atoms with Gasteiger partial charge in [0, 0.05) is 16.3 Å². The van der Waals surface area contributed by atoms with Crippen molar-refractivity contribution in [2.75, 3.05) is 17.2 Å². The zero-order chi connectivity index (χ0) is 13.7. The monoisotopic (exact) mass is 272 g/mol. The van der Waals surface area contributed by atoms with Crippen LogP contribution in [0.3, 0.4) is 0 Å². The first-order valence-electron chi connectivity index (χ1n) is 6.48. The number of hydrogen-bond donors (Lipinski definition) is 2. The van der Waals surface area contributed by atoms with Gasteiger partial charge in [-0.2, -0.15) is 0 Å². The maximum atomic E-state index is 5.81. The molecular weight excluding hydrogens is 252 g/mol. The molecule has 0 radical (unpaired) electrons. The van der Waals surface area contributed by atoms with E-state index in [0.29, 0.717) is 0 Å². The maximum Gasteiger partial charge on any atom is 0.0344 e. The van der Waals surface area contributed by atoms with E-state index in [4.69, 9.17) is 11.5 Å². The number of benzene rings is 2. The van der Waals surface area contributed by atoms with E-state index in [9.17, 15) is 0 Å².